The molecule has 4 nitrogen and oxygen atoms in total. The first-order valence-corrected chi connectivity index (χ1v) is 7.27. The third kappa shape index (κ3) is 3.98. The Morgan fingerprint density at radius 2 is 1.95 bits per heavy atom. The molecule has 1 heterocycles. The molecular weight excluding hydrogens is 288 g/mol. The van der Waals surface area contributed by atoms with Crippen molar-refractivity contribution in [1.29, 1.82) is 0 Å². The Bertz CT molecular complexity index is 588. The van der Waals surface area contributed by atoms with Crippen LogP contribution in [0.3, 0.4) is 0 Å². The van der Waals surface area contributed by atoms with Crippen molar-refractivity contribution in [2.75, 3.05) is 0 Å². The molecule has 1 aliphatic rings. The Labute approximate surface area is 127 Å². The highest BCUT2D eigenvalue weighted by Gasteiger charge is 2.32. The highest BCUT2D eigenvalue weighted by molar-refractivity contribution is 5.30. The van der Waals surface area contributed by atoms with E-state index < -0.39 is 6.61 Å². The molecule has 1 aliphatic carbocycles. The normalized spacial score (nSPS) is 15.8. The van der Waals surface area contributed by atoms with Crippen LogP contribution in [0.2, 0.25) is 0 Å². The third-order valence-electron chi connectivity index (χ3n) is 3.69. The van der Waals surface area contributed by atoms with Gasteiger partial charge in [0.1, 0.15) is 5.75 Å². The quantitative estimate of drug-likeness (QED) is 0.852. The van der Waals surface area contributed by atoms with E-state index in [4.69, 9.17) is 0 Å². The summed E-state index contributed by atoms with van der Waals surface area (Å²) in [4.78, 5) is 0. The van der Waals surface area contributed by atoms with Crippen LogP contribution in [0.25, 0.3) is 0 Å². The number of ether oxygens (including phenoxy) is 1. The Kier molecular flexibility index (Phi) is 4.58. The lowest BCUT2D eigenvalue weighted by Gasteiger charge is -2.19. The summed E-state index contributed by atoms with van der Waals surface area (Å²) >= 11 is 0. The Morgan fingerprint density at radius 1 is 1.18 bits per heavy atom. The van der Waals surface area contributed by atoms with Gasteiger partial charge in [-0.1, -0.05) is 12.1 Å². The van der Waals surface area contributed by atoms with E-state index in [0.29, 0.717) is 12.5 Å². The molecule has 116 valence electrons. The molecule has 1 N–H and O–H groups in total. The fraction of sp³-hybridized carbons (Fsp3) is 0.375. The summed E-state index contributed by atoms with van der Waals surface area (Å²) in [6.07, 6.45) is 3.99. The van der Waals surface area contributed by atoms with Gasteiger partial charge in [0.05, 0.1) is 5.69 Å². The number of halogens is 2. The van der Waals surface area contributed by atoms with Crippen LogP contribution < -0.4 is 10.1 Å². The maximum atomic E-state index is 12.2. The SMILES string of the molecule is FC(F)Oc1ccc([C@@H](NCc2cccnn2)C2CC2)cc1. The number of rotatable bonds is 7. The molecule has 2 aromatic rings. The number of hydrogen-bond donors (Lipinski definition) is 1. The Balaban J connectivity index is 1.66. The second-order valence-corrected chi connectivity index (χ2v) is 5.36. The molecule has 1 fully saturated rings. The van der Waals surface area contributed by atoms with E-state index in [1.54, 1.807) is 18.3 Å². The Hall–Kier alpha value is -2.08. The van der Waals surface area contributed by atoms with Gasteiger partial charge in [-0.05, 0) is 48.6 Å². The summed E-state index contributed by atoms with van der Waals surface area (Å²) in [5.74, 6) is 0.765. The first-order chi connectivity index (χ1) is 10.7. The van der Waals surface area contributed by atoms with Gasteiger partial charge < -0.3 is 10.1 Å². The Morgan fingerprint density at radius 3 is 2.55 bits per heavy atom. The first kappa shape index (κ1) is 14.8. The van der Waals surface area contributed by atoms with Crippen molar-refractivity contribution < 1.29 is 13.5 Å². The van der Waals surface area contributed by atoms with Crippen molar-refractivity contribution in [3.8, 4) is 5.75 Å². The third-order valence-corrected chi connectivity index (χ3v) is 3.69. The second-order valence-electron chi connectivity index (χ2n) is 5.36. The van der Waals surface area contributed by atoms with E-state index in [-0.39, 0.29) is 11.8 Å². The molecule has 0 bridgehead atoms. The van der Waals surface area contributed by atoms with Gasteiger partial charge in [0.25, 0.3) is 0 Å². The van der Waals surface area contributed by atoms with Gasteiger partial charge in [-0.15, -0.1) is 0 Å². The number of benzene rings is 1. The van der Waals surface area contributed by atoms with E-state index in [1.807, 2.05) is 24.3 Å². The van der Waals surface area contributed by atoms with Crippen LogP contribution in [0, 0.1) is 5.92 Å². The van der Waals surface area contributed by atoms with Crippen molar-refractivity contribution in [2.24, 2.45) is 5.92 Å². The molecule has 0 radical (unpaired) electrons. The van der Waals surface area contributed by atoms with E-state index in [9.17, 15) is 8.78 Å². The molecule has 0 aliphatic heterocycles. The van der Waals surface area contributed by atoms with Crippen LogP contribution in [-0.4, -0.2) is 16.8 Å². The van der Waals surface area contributed by atoms with Gasteiger partial charge >= 0.3 is 6.61 Å². The number of alkyl halides is 2. The van der Waals surface area contributed by atoms with E-state index >= 15 is 0 Å². The molecule has 1 saturated carbocycles. The van der Waals surface area contributed by atoms with Crippen molar-refractivity contribution in [3.05, 3.63) is 53.9 Å². The molecule has 0 unspecified atom stereocenters. The zero-order chi connectivity index (χ0) is 15.4. The van der Waals surface area contributed by atoms with E-state index in [0.717, 1.165) is 11.3 Å². The van der Waals surface area contributed by atoms with Crippen molar-refractivity contribution in [2.45, 2.75) is 32.0 Å². The minimum absolute atomic E-state index is 0.183. The van der Waals surface area contributed by atoms with Crippen LogP contribution in [0.1, 0.15) is 30.1 Å². The molecule has 0 saturated heterocycles. The highest BCUT2D eigenvalue weighted by Crippen LogP contribution is 2.41. The monoisotopic (exact) mass is 305 g/mol. The zero-order valence-corrected chi connectivity index (χ0v) is 12.0. The maximum Gasteiger partial charge on any atom is 0.387 e. The van der Waals surface area contributed by atoms with Crippen LogP contribution in [0.5, 0.6) is 5.75 Å². The van der Waals surface area contributed by atoms with Gasteiger partial charge in [0.15, 0.2) is 0 Å². The lowest BCUT2D eigenvalue weighted by Crippen LogP contribution is -2.23. The van der Waals surface area contributed by atoms with Gasteiger partial charge in [0, 0.05) is 18.8 Å². The van der Waals surface area contributed by atoms with Crippen LogP contribution in [0.4, 0.5) is 8.78 Å². The number of hydrogen-bond acceptors (Lipinski definition) is 4. The second kappa shape index (κ2) is 6.79. The standard InChI is InChI=1S/C16H17F2N3O/c17-16(18)22-14-7-5-12(6-8-14)15(11-3-4-11)19-10-13-2-1-9-20-21-13/h1-2,5-9,11,15-16,19H,3-4,10H2/t15-/m0/s1. The van der Waals surface area contributed by atoms with Crippen LogP contribution >= 0.6 is 0 Å². The minimum atomic E-state index is -2.79. The fourth-order valence-electron chi connectivity index (χ4n) is 2.49. The summed E-state index contributed by atoms with van der Waals surface area (Å²) in [7, 11) is 0. The average molecular weight is 305 g/mol. The maximum absolute atomic E-state index is 12.2. The average Bonchev–Trinajstić information content (AvgIpc) is 3.34. The number of aromatic nitrogens is 2. The summed E-state index contributed by atoms with van der Waals surface area (Å²) in [6, 6.07) is 10.8. The molecule has 1 atom stereocenters. The van der Waals surface area contributed by atoms with E-state index in [2.05, 4.69) is 20.3 Å². The molecular formula is C16H17F2N3O. The molecule has 1 aromatic heterocycles. The molecule has 0 spiro atoms. The molecule has 6 heteroatoms. The zero-order valence-electron chi connectivity index (χ0n) is 12.0. The predicted molar refractivity (Wildman–Crippen MR) is 77.4 cm³/mol. The summed E-state index contributed by atoms with van der Waals surface area (Å²) in [5.41, 5.74) is 1.96. The topological polar surface area (TPSA) is 47.0 Å². The van der Waals surface area contributed by atoms with Crippen molar-refractivity contribution in [1.82, 2.24) is 15.5 Å². The minimum Gasteiger partial charge on any atom is -0.435 e. The molecule has 0 amide bonds. The van der Waals surface area contributed by atoms with E-state index in [1.165, 1.54) is 12.8 Å². The van der Waals surface area contributed by atoms with Crippen molar-refractivity contribution >= 4 is 0 Å². The lowest BCUT2D eigenvalue weighted by molar-refractivity contribution is -0.0498. The summed E-state index contributed by atoms with van der Waals surface area (Å²) in [5, 5.41) is 11.4. The molecule has 22 heavy (non-hydrogen) atoms. The molecule has 1 aromatic carbocycles. The van der Waals surface area contributed by atoms with Crippen LogP contribution in [0.15, 0.2) is 42.6 Å². The van der Waals surface area contributed by atoms with Gasteiger partial charge in [0.2, 0.25) is 0 Å². The summed E-state index contributed by atoms with van der Waals surface area (Å²) in [6.45, 7) is -2.16. The van der Waals surface area contributed by atoms with Gasteiger partial charge in [-0.3, -0.25) is 0 Å². The number of nitrogens with one attached hydrogen (secondary N) is 1. The van der Waals surface area contributed by atoms with Crippen molar-refractivity contribution in [3.63, 3.8) is 0 Å². The fourth-order valence-corrected chi connectivity index (χ4v) is 2.49. The number of nitrogens with zero attached hydrogens (tertiary/aromatic N) is 2. The largest absolute Gasteiger partial charge is 0.435 e. The summed E-state index contributed by atoms with van der Waals surface area (Å²) < 4.78 is 28.7. The van der Waals surface area contributed by atoms with Gasteiger partial charge in [-0.25, -0.2) is 0 Å². The molecule has 3 rings (SSSR count). The predicted octanol–water partition coefficient (Wildman–Crippen LogP) is 3.32. The van der Waals surface area contributed by atoms with Crippen LogP contribution in [-0.2, 0) is 6.54 Å². The van der Waals surface area contributed by atoms with Gasteiger partial charge in [-0.2, -0.15) is 19.0 Å². The first-order valence-electron chi connectivity index (χ1n) is 7.27. The lowest BCUT2D eigenvalue weighted by atomic mass is 10.0. The smallest absolute Gasteiger partial charge is 0.387 e. The highest BCUT2D eigenvalue weighted by atomic mass is 19.3.